The summed E-state index contributed by atoms with van der Waals surface area (Å²) < 4.78 is 0. The van der Waals surface area contributed by atoms with Crippen molar-refractivity contribution in [1.29, 1.82) is 0 Å². The molecule has 0 saturated heterocycles. The molecule has 102 valence electrons. The number of carbonyl (C=O) groups excluding carboxylic acids is 1. The van der Waals surface area contributed by atoms with Crippen LogP contribution >= 0.6 is 0 Å². The lowest BCUT2D eigenvalue weighted by Gasteiger charge is -2.25. The smallest absolute Gasteiger partial charge is 0.227 e. The Morgan fingerprint density at radius 2 is 2.15 bits per heavy atom. The molecule has 1 aromatic heterocycles. The van der Waals surface area contributed by atoms with E-state index in [4.69, 9.17) is 0 Å². The first-order chi connectivity index (χ1) is 9.74. The molecule has 0 N–H and O–H groups in total. The van der Waals surface area contributed by atoms with Gasteiger partial charge >= 0.3 is 0 Å². The van der Waals surface area contributed by atoms with E-state index in [0.717, 1.165) is 35.8 Å². The van der Waals surface area contributed by atoms with Gasteiger partial charge in [-0.05, 0) is 24.3 Å². The van der Waals surface area contributed by atoms with E-state index in [0.29, 0.717) is 6.42 Å². The van der Waals surface area contributed by atoms with Crippen LogP contribution in [0.3, 0.4) is 0 Å². The quantitative estimate of drug-likeness (QED) is 0.783. The van der Waals surface area contributed by atoms with Gasteiger partial charge in [-0.25, -0.2) is 0 Å². The summed E-state index contributed by atoms with van der Waals surface area (Å²) in [4.78, 5) is 18.6. The normalized spacial score (nSPS) is 15.2. The molecule has 0 radical (unpaired) electrons. The molecule has 0 atom stereocenters. The second kappa shape index (κ2) is 5.45. The van der Waals surface area contributed by atoms with E-state index < -0.39 is 0 Å². The maximum atomic E-state index is 12.4. The molecular weight excluding hydrogens is 248 g/mol. The lowest BCUT2D eigenvalue weighted by atomic mass is 10.0. The van der Waals surface area contributed by atoms with E-state index in [1.807, 2.05) is 35.5 Å². The van der Waals surface area contributed by atoms with Crippen LogP contribution in [0.4, 0.5) is 0 Å². The summed E-state index contributed by atoms with van der Waals surface area (Å²) in [5.41, 5.74) is 2.39. The molecule has 0 saturated carbocycles. The molecule has 3 nitrogen and oxygen atoms in total. The van der Waals surface area contributed by atoms with Gasteiger partial charge in [0.1, 0.15) is 0 Å². The fourth-order valence-electron chi connectivity index (χ4n) is 2.59. The summed E-state index contributed by atoms with van der Waals surface area (Å²) >= 11 is 0. The summed E-state index contributed by atoms with van der Waals surface area (Å²) in [7, 11) is 0. The van der Waals surface area contributed by atoms with Gasteiger partial charge in [0.2, 0.25) is 5.91 Å². The number of fused-ring (bicyclic) bond motifs is 1. The van der Waals surface area contributed by atoms with E-state index in [2.05, 4.69) is 24.1 Å². The number of amides is 1. The minimum Gasteiger partial charge on any atom is -0.338 e. The van der Waals surface area contributed by atoms with E-state index in [9.17, 15) is 4.79 Å². The zero-order valence-electron chi connectivity index (χ0n) is 11.7. The maximum absolute atomic E-state index is 12.4. The Kier molecular flexibility index (Phi) is 3.50. The predicted molar refractivity (Wildman–Crippen MR) is 80.4 cm³/mol. The number of aromatic nitrogens is 1. The second-order valence-corrected chi connectivity index (χ2v) is 5.34. The molecule has 1 amide bonds. The fraction of sp³-hybridized carbons (Fsp3) is 0.294. The van der Waals surface area contributed by atoms with Crippen LogP contribution in [-0.4, -0.2) is 28.9 Å². The molecule has 1 aliphatic rings. The van der Waals surface area contributed by atoms with E-state index in [-0.39, 0.29) is 5.91 Å². The van der Waals surface area contributed by atoms with E-state index >= 15 is 0 Å². The molecule has 0 bridgehead atoms. The summed E-state index contributed by atoms with van der Waals surface area (Å²) in [5, 5.41) is 2.21. The third kappa shape index (κ3) is 2.57. The number of hydrogen-bond acceptors (Lipinski definition) is 2. The third-order valence-electron chi connectivity index (χ3n) is 3.88. The zero-order valence-corrected chi connectivity index (χ0v) is 11.7. The van der Waals surface area contributed by atoms with Crippen molar-refractivity contribution in [2.24, 2.45) is 0 Å². The van der Waals surface area contributed by atoms with Crippen LogP contribution in [-0.2, 0) is 11.2 Å². The molecule has 2 heterocycles. The minimum absolute atomic E-state index is 0.187. The van der Waals surface area contributed by atoms with Gasteiger partial charge in [0.25, 0.3) is 0 Å². The number of pyridine rings is 1. The fourth-order valence-corrected chi connectivity index (χ4v) is 2.59. The van der Waals surface area contributed by atoms with Crippen molar-refractivity contribution >= 4 is 16.7 Å². The molecule has 2 aromatic rings. The summed E-state index contributed by atoms with van der Waals surface area (Å²) in [6, 6.07) is 8.08. The zero-order chi connectivity index (χ0) is 13.9. The van der Waals surface area contributed by atoms with Crippen LogP contribution in [0.5, 0.6) is 0 Å². The lowest BCUT2D eigenvalue weighted by molar-refractivity contribution is -0.130. The molecule has 1 aromatic carbocycles. The van der Waals surface area contributed by atoms with Gasteiger partial charge in [-0.15, -0.1) is 0 Å². The van der Waals surface area contributed by atoms with Gasteiger partial charge in [-0.3, -0.25) is 9.78 Å². The first kappa shape index (κ1) is 12.9. The van der Waals surface area contributed by atoms with Crippen LogP contribution in [0.1, 0.15) is 18.9 Å². The number of carbonyl (C=O) groups is 1. The number of benzene rings is 1. The molecular formula is C17H18N2O. The van der Waals surface area contributed by atoms with Gasteiger partial charge in [-0.2, -0.15) is 0 Å². The predicted octanol–water partition coefficient (Wildman–Crippen LogP) is 2.96. The second-order valence-electron chi connectivity index (χ2n) is 5.34. The standard InChI is InChI=1S/C17H18N2O/c1-13-6-8-19(9-7-13)17(20)10-15-12-18-11-14-4-2-3-5-16(14)15/h2-6,11-12H,7-10H2,1H3. The highest BCUT2D eigenvalue weighted by atomic mass is 16.2. The monoisotopic (exact) mass is 266 g/mol. The summed E-state index contributed by atoms with van der Waals surface area (Å²) in [6.07, 6.45) is 7.21. The van der Waals surface area contributed by atoms with Gasteiger partial charge in [0.05, 0.1) is 6.42 Å². The van der Waals surface area contributed by atoms with Crippen LogP contribution in [0, 0.1) is 0 Å². The van der Waals surface area contributed by atoms with Gasteiger partial charge in [-0.1, -0.05) is 35.9 Å². The number of rotatable bonds is 2. The van der Waals surface area contributed by atoms with Crippen LogP contribution in [0.2, 0.25) is 0 Å². The molecule has 0 spiro atoms. The third-order valence-corrected chi connectivity index (χ3v) is 3.88. The van der Waals surface area contributed by atoms with E-state index in [1.165, 1.54) is 5.57 Å². The first-order valence-corrected chi connectivity index (χ1v) is 6.99. The maximum Gasteiger partial charge on any atom is 0.227 e. The van der Waals surface area contributed by atoms with Crippen LogP contribution in [0.15, 0.2) is 48.3 Å². The largest absolute Gasteiger partial charge is 0.338 e. The van der Waals surface area contributed by atoms with E-state index in [1.54, 1.807) is 0 Å². The van der Waals surface area contributed by atoms with Gasteiger partial charge < -0.3 is 4.90 Å². The Morgan fingerprint density at radius 1 is 1.30 bits per heavy atom. The molecule has 0 fully saturated rings. The van der Waals surface area contributed by atoms with Crippen molar-refractivity contribution in [3.63, 3.8) is 0 Å². The number of nitrogens with zero attached hydrogens (tertiary/aromatic N) is 2. The summed E-state index contributed by atoms with van der Waals surface area (Å²) in [6.45, 7) is 3.69. The summed E-state index contributed by atoms with van der Waals surface area (Å²) in [5.74, 6) is 0.187. The lowest BCUT2D eigenvalue weighted by Crippen LogP contribution is -2.35. The molecule has 3 rings (SSSR count). The first-order valence-electron chi connectivity index (χ1n) is 6.99. The molecule has 0 unspecified atom stereocenters. The topological polar surface area (TPSA) is 33.2 Å². The Bertz CT molecular complexity index is 670. The van der Waals surface area contributed by atoms with Crippen molar-refractivity contribution < 1.29 is 4.79 Å². The van der Waals surface area contributed by atoms with Crippen LogP contribution < -0.4 is 0 Å². The molecule has 1 aliphatic heterocycles. The van der Waals surface area contributed by atoms with Crippen LogP contribution in [0.25, 0.3) is 10.8 Å². The highest BCUT2D eigenvalue weighted by molar-refractivity contribution is 5.89. The number of hydrogen-bond donors (Lipinski definition) is 0. The van der Waals surface area contributed by atoms with Crippen molar-refractivity contribution in [3.8, 4) is 0 Å². The Balaban J connectivity index is 1.81. The van der Waals surface area contributed by atoms with Gasteiger partial charge in [0, 0.05) is 30.9 Å². The van der Waals surface area contributed by atoms with Crippen molar-refractivity contribution in [2.45, 2.75) is 19.8 Å². The Hall–Kier alpha value is -2.16. The van der Waals surface area contributed by atoms with Gasteiger partial charge in [0.15, 0.2) is 0 Å². The molecule has 20 heavy (non-hydrogen) atoms. The Morgan fingerprint density at radius 3 is 2.95 bits per heavy atom. The molecule has 3 heteroatoms. The highest BCUT2D eigenvalue weighted by Gasteiger charge is 2.17. The van der Waals surface area contributed by atoms with Crippen molar-refractivity contribution in [1.82, 2.24) is 9.88 Å². The van der Waals surface area contributed by atoms with Crippen molar-refractivity contribution in [2.75, 3.05) is 13.1 Å². The Labute approximate surface area is 118 Å². The minimum atomic E-state index is 0.187. The average Bonchev–Trinajstić information content (AvgIpc) is 2.48. The molecule has 0 aliphatic carbocycles. The average molecular weight is 266 g/mol. The SMILES string of the molecule is CC1=CCN(C(=O)Cc2cncc3ccccc23)CC1. The van der Waals surface area contributed by atoms with Crippen molar-refractivity contribution in [3.05, 3.63) is 53.9 Å². The highest BCUT2D eigenvalue weighted by Crippen LogP contribution is 2.19.